The predicted octanol–water partition coefficient (Wildman–Crippen LogP) is 2.84. The Morgan fingerprint density at radius 3 is 2.52 bits per heavy atom. The number of nitrogens with zero attached hydrogens (tertiary/aromatic N) is 2. The van der Waals surface area contributed by atoms with Gasteiger partial charge in [-0.2, -0.15) is 0 Å². The fourth-order valence-corrected chi connectivity index (χ4v) is 2.35. The molecule has 6 heteroatoms. The first-order valence-corrected chi connectivity index (χ1v) is 8.95. The van der Waals surface area contributed by atoms with Gasteiger partial charge in [0.2, 0.25) is 0 Å². The van der Waals surface area contributed by atoms with Gasteiger partial charge in [-0.3, -0.25) is 4.79 Å². The molecule has 0 unspecified atom stereocenters. The summed E-state index contributed by atoms with van der Waals surface area (Å²) < 4.78 is 5.34. The molecule has 0 aliphatic carbocycles. The van der Waals surface area contributed by atoms with E-state index in [0.29, 0.717) is 25.2 Å². The number of aliphatic imine (C=N–C) groups is 1. The fourth-order valence-electron chi connectivity index (χ4n) is 2.35. The van der Waals surface area contributed by atoms with Crippen LogP contribution in [0.25, 0.3) is 0 Å². The zero-order chi connectivity index (χ0) is 19.6. The van der Waals surface area contributed by atoms with Gasteiger partial charge in [0.25, 0.3) is 5.91 Å². The molecule has 27 heavy (non-hydrogen) atoms. The lowest BCUT2D eigenvalue weighted by Gasteiger charge is -2.13. The van der Waals surface area contributed by atoms with Crippen molar-refractivity contribution in [1.29, 1.82) is 0 Å². The second-order valence-electron chi connectivity index (χ2n) is 6.63. The summed E-state index contributed by atoms with van der Waals surface area (Å²) in [5.41, 5.74) is 2.74. The Bertz CT molecular complexity index is 762. The Hall–Kier alpha value is -3.02. The third-order valence-electron chi connectivity index (χ3n) is 3.83. The van der Waals surface area contributed by atoms with Crippen molar-refractivity contribution in [1.82, 2.24) is 15.5 Å². The molecule has 1 heterocycles. The van der Waals surface area contributed by atoms with E-state index in [0.717, 1.165) is 29.3 Å². The molecular formula is C21H28N4O2. The van der Waals surface area contributed by atoms with Crippen LogP contribution >= 0.6 is 0 Å². The molecule has 0 spiro atoms. The van der Waals surface area contributed by atoms with Crippen molar-refractivity contribution in [3.63, 3.8) is 0 Å². The summed E-state index contributed by atoms with van der Waals surface area (Å²) in [7, 11) is 3.49. The van der Waals surface area contributed by atoms with Crippen molar-refractivity contribution < 1.29 is 9.21 Å². The molecule has 2 N–H and O–H groups in total. The fraction of sp³-hybridized carbons (Fsp3) is 0.333. The number of furan rings is 1. The largest absolute Gasteiger partial charge is 0.469 e. The van der Waals surface area contributed by atoms with E-state index in [2.05, 4.69) is 22.2 Å². The molecule has 1 aromatic heterocycles. The van der Waals surface area contributed by atoms with E-state index in [1.807, 2.05) is 43.3 Å². The first-order chi connectivity index (χ1) is 13.0. The zero-order valence-electron chi connectivity index (χ0n) is 16.3. The van der Waals surface area contributed by atoms with E-state index in [1.165, 1.54) is 0 Å². The second kappa shape index (κ2) is 10.2. The van der Waals surface area contributed by atoms with E-state index in [-0.39, 0.29) is 5.91 Å². The van der Waals surface area contributed by atoms with Crippen molar-refractivity contribution in [2.75, 3.05) is 27.2 Å². The highest BCUT2D eigenvalue weighted by Crippen LogP contribution is 2.07. The molecule has 0 radical (unpaired) electrons. The third-order valence-corrected chi connectivity index (χ3v) is 3.83. The molecule has 6 nitrogen and oxygen atoms in total. The predicted molar refractivity (Wildman–Crippen MR) is 109 cm³/mol. The Balaban J connectivity index is 1.95. The average Bonchev–Trinajstić information content (AvgIpc) is 3.16. The van der Waals surface area contributed by atoms with Crippen LogP contribution in [-0.2, 0) is 13.0 Å². The molecule has 1 amide bonds. The summed E-state index contributed by atoms with van der Waals surface area (Å²) in [6.07, 6.45) is 2.45. The van der Waals surface area contributed by atoms with Gasteiger partial charge in [0, 0.05) is 39.2 Å². The molecule has 0 aliphatic rings. The smallest absolute Gasteiger partial charge is 0.253 e. The summed E-state index contributed by atoms with van der Waals surface area (Å²) >= 11 is 0. The second-order valence-corrected chi connectivity index (χ2v) is 6.63. The number of carbonyl (C=O) groups excluding carboxylic acids is 1. The SMILES string of the molecule is C=C(C)CNC(=NCc1ccc(C(=O)N(C)C)cc1)NCCc1ccco1. The quantitative estimate of drug-likeness (QED) is 0.427. The molecule has 0 saturated heterocycles. The minimum atomic E-state index is -0.00606. The maximum atomic E-state index is 11.9. The lowest BCUT2D eigenvalue weighted by Crippen LogP contribution is -2.39. The summed E-state index contributed by atoms with van der Waals surface area (Å²) in [5.74, 6) is 1.65. The highest BCUT2D eigenvalue weighted by molar-refractivity contribution is 5.93. The Labute approximate surface area is 161 Å². The number of amides is 1. The van der Waals surface area contributed by atoms with Crippen LogP contribution in [0.5, 0.6) is 0 Å². The molecule has 144 valence electrons. The number of guanidine groups is 1. The van der Waals surface area contributed by atoms with Crippen LogP contribution in [0.15, 0.2) is 64.2 Å². The van der Waals surface area contributed by atoms with E-state index in [1.54, 1.807) is 25.3 Å². The number of hydrogen-bond acceptors (Lipinski definition) is 3. The lowest BCUT2D eigenvalue weighted by molar-refractivity contribution is 0.0827. The van der Waals surface area contributed by atoms with Gasteiger partial charge in [0.1, 0.15) is 5.76 Å². The number of carbonyl (C=O) groups is 1. The monoisotopic (exact) mass is 368 g/mol. The van der Waals surface area contributed by atoms with Crippen LogP contribution in [0.2, 0.25) is 0 Å². The number of rotatable bonds is 8. The first-order valence-electron chi connectivity index (χ1n) is 8.95. The van der Waals surface area contributed by atoms with E-state index >= 15 is 0 Å². The van der Waals surface area contributed by atoms with Crippen molar-refractivity contribution >= 4 is 11.9 Å². The molecule has 2 aromatic rings. The molecule has 0 fully saturated rings. The highest BCUT2D eigenvalue weighted by atomic mass is 16.3. The average molecular weight is 368 g/mol. The summed E-state index contributed by atoms with van der Waals surface area (Å²) in [6.45, 7) is 7.76. The van der Waals surface area contributed by atoms with Gasteiger partial charge in [0.15, 0.2) is 5.96 Å². The van der Waals surface area contributed by atoms with Crippen molar-refractivity contribution in [2.45, 2.75) is 19.9 Å². The van der Waals surface area contributed by atoms with Crippen molar-refractivity contribution in [3.05, 3.63) is 71.7 Å². The van der Waals surface area contributed by atoms with Crippen molar-refractivity contribution in [3.8, 4) is 0 Å². The van der Waals surface area contributed by atoms with Gasteiger partial charge < -0.3 is 20.0 Å². The maximum absolute atomic E-state index is 11.9. The zero-order valence-corrected chi connectivity index (χ0v) is 16.3. The minimum Gasteiger partial charge on any atom is -0.469 e. The van der Waals surface area contributed by atoms with Crippen LogP contribution in [0.4, 0.5) is 0 Å². The van der Waals surface area contributed by atoms with Crippen LogP contribution < -0.4 is 10.6 Å². The summed E-state index contributed by atoms with van der Waals surface area (Å²) in [5, 5.41) is 6.57. The molecule has 1 aromatic carbocycles. The van der Waals surface area contributed by atoms with Gasteiger partial charge in [-0.15, -0.1) is 0 Å². The van der Waals surface area contributed by atoms with Crippen LogP contribution in [0.3, 0.4) is 0 Å². The summed E-state index contributed by atoms with van der Waals surface area (Å²) in [4.78, 5) is 18.1. The van der Waals surface area contributed by atoms with Gasteiger partial charge in [-0.25, -0.2) is 4.99 Å². The van der Waals surface area contributed by atoms with E-state index in [9.17, 15) is 4.79 Å². The third kappa shape index (κ3) is 7.01. The number of nitrogens with one attached hydrogen (secondary N) is 2. The molecule has 0 aliphatic heterocycles. The minimum absolute atomic E-state index is 0.00606. The standard InChI is InChI=1S/C21H28N4O2/c1-16(2)14-23-21(22-12-11-19-6-5-13-27-19)24-15-17-7-9-18(10-8-17)20(26)25(3)4/h5-10,13H,1,11-12,14-15H2,2-4H3,(H2,22,23,24). The van der Waals surface area contributed by atoms with Crippen LogP contribution in [0, 0.1) is 0 Å². The van der Waals surface area contributed by atoms with Gasteiger partial charge >= 0.3 is 0 Å². The number of hydrogen-bond donors (Lipinski definition) is 2. The van der Waals surface area contributed by atoms with Crippen molar-refractivity contribution in [2.24, 2.45) is 4.99 Å². The van der Waals surface area contributed by atoms with Crippen LogP contribution in [-0.4, -0.2) is 44.0 Å². The highest BCUT2D eigenvalue weighted by Gasteiger charge is 2.07. The molecule has 2 rings (SSSR count). The molecule has 0 saturated carbocycles. The van der Waals surface area contributed by atoms with E-state index < -0.39 is 0 Å². The lowest BCUT2D eigenvalue weighted by atomic mass is 10.1. The molecule has 0 atom stereocenters. The maximum Gasteiger partial charge on any atom is 0.253 e. The number of benzene rings is 1. The Morgan fingerprint density at radius 2 is 1.93 bits per heavy atom. The van der Waals surface area contributed by atoms with Gasteiger partial charge in [0.05, 0.1) is 12.8 Å². The van der Waals surface area contributed by atoms with Gasteiger partial charge in [-0.1, -0.05) is 24.3 Å². The Kier molecular flexibility index (Phi) is 7.67. The van der Waals surface area contributed by atoms with Crippen LogP contribution in [0.1, 0.15) is 28.6 Å². The Morgan fingerprint density at radius 1 is 1.19 bits per heavy atom. The molecular weight excluding hydrogens is 340 g/mol. The first kappa shape index (κ1) is 20.3. The topological polar surface area (TPSA) is 69.9 Å². The summed E-state index contributed by atoms with van der Waals surface area (Å²) in [6, 6.07) is 11.4. The normalized spacial score (nSPS) is 11.1. The molecule has 0 bridgehead atoms. The van der Waals surface area contributed by atoms with E-state index in [4.69, 9.17) is 4.42 Å². The van der Waals surface area contributed by atoms with Gasteiger partial charge in [-0.05, 0) is 36.8 Å².